The molecule has 2 rings (SSSR count). The summed E-state index contributed by atoms with van der Waals surface area (Å²) in [5.74, 6) is 0. The minimum atomic E-state index is -0.381. The van der Waals surface area contributed by atoms with Crippen molar-refractivity contribution in [1.82, 2.24) is 0 Å². The molecular formula is C15H15BrN2O2. The summed E-state index contributed by atoms with van der Waals surface area (Å²) in [7, 11) is 0. The molecule has 0 radical (unpaired) electrons. The fourth-order valence-electron chi connectivity index (χ4n) is 1.90. The van der Waals surface area contributed by atoms with Crippen LogP contribution in [0.1, 0.15) is 16.7 Å². The molecule has 0 bridgehead atoms. The molecule has 0 amide bonds. The van der Waals surface area contributed by atoms with Gasteiger partial charge in [-0.1, -0.05) is 28.1 Å². The van der Waals surface area contributed by atoms with E-state index in [2.05, 4.69) is 39.4 Å². The number of halogens is 1. The van der Waals surface area contributed by atoms with Gasteiger partial charge in [-0.2, -0.15) is 0 Å². The third-order valence-electron chi connectivity index (χ3n) is 3.14. The summed E-state index contributed by atoms with van der Waals surface area (Å²) in [6.07, 6.45) is 0. The first-order valence-electron chi connectivity index (χ1n) is 6.21. The molecule has 0 saturated carbocycles. The Balaban J connectivity index is 2.10. The van der Waals surface area contributed by atoms with E-state index in [9.17, 15) is 10.1 Å². The maximum Gasteiger partial charge on any atom is 0.269 e. The first-order chi connectivity index (χ1) is 9.47. The van der Waals surface area contributed by atoms with Gasteiger partial charge in [-0.3, -0.25) is 10.1 Å². The fraction of sp³-hybridized carbons (Fsp3) is 0.200. The Bertz CT molecular complexity index is 656. The van der Waals surface area contributed by atoms with Crippen LogP contribution < -0.4 is 5.32 Å². The number of nitro groups is 1. The van der Waals surface area contributed by atoms with E-state index in [1.807, 2.05) is 13.8 Å². The highest BCUT2D eigenvalue weighted by atomic mass is 79.9. The summed E-state index contributed by atoms with van der Waals surface area (Å²) in [5, 5.41) is 14.0. The molecule has 1 N–H and O–H groups in total. The van der Waals surface area contributed by atoms with Crippen LogP contribution in [0, 0.1) is 24.0 Å². The number of aryl methyl sites for hydroxylation is 2. The Labute approximate surface area is 126 Å². The van der Waals surface area contributed by atoms with Crippen molar-refractivity contribution in [2.24, 2.45) is 0 Å². The highest BCUT2D eigenvalue weighted by molar-refractivity contribution is 9.10. The van der Waals surface area contributed by atoms with Crippen LogP contribution in [-0.2, 0) is 6.54 Å². The number of nitrogens with zero attached hydrogens (tertiary/aromatic N) is 1. The van der Waals surface area contributed by atoms with E-state index in [0.717, 1.165) is 21.3 Å². The Morgan fingerprint density at radius 1 is 1.15 bits per heavy atom. The third kappa shape index (κ3) is 3.36. The molecule has 4 nitrogen and oxygen atoms in total. The summed E-state index contributed by atoms with van der Waals surface area (Å²) >= 11 is 3.51. The van der Waals surface area contributed by atoms with Crippen LogP contribution in [0.25, 0.3) is 0 Å². The summed E-state index contributed by atoms with van der Waals surface area (Å²) in [6.45, 7) is 4.58. The lowest BCUT2D eigenvalue weighted by molar-refractivity contribution is -0.384. The van der Waals surface area contributed by atoms with Gasteiger partial charge in [0.05, 0.1) is 4.92 Å². The van der Waals surface area contributed by atoms with Crippen LogP contribution in [0.4, 0.5) is 11.4 Å². The van der Waals surface area contributed by atoms with E-state index in [1.54, 1.807) is 12.1 Å². The normalized spacial score (nSPS) is 10.3. The average molecular weight is 335 g/mol. The Morgan fingerprint density at radius 3 is 2.50 bits per heavy atom. The van der Waals surface area contributed by atoms with Crippen LogP contribution >= 0.6 is 15.9 Å². The number of hydrogen-bond acceptors (Lipinski definition) is 3. The lowest BCUT2D eigenvalue weighted by Gasteiger charge is -2.10. The van der Waals surface area contributed by atoms with Crippen molar-refractivity contribution in [3.63, 3.8) is 0 Å². The lowest BCUT2D eigenvalue weighted by atomic mass is 10.1. The molecule has 0 aliphatic carbocycles. The maximum atomic E-state index is 10.7. The monoisotopic (exact) mass is 334 g/mol. The number of nitro benzene ring substituents is 1. The summed E-state index contributed by atoms with van der Waals surface area (Å²) < 4.78 is 1.08. The minimum Gasteiger partial charge on any atom is -0.381 e. The van der Waals surface area contributed by atoms with Gasteiger partial charge >= 0.3 is 0 Å². The molecule has 0 spiro atoms. The number of rotatable bonds is 4. The van der Waals surface area contributed by atoms with Gasteiger partial charge in [0.15, 0.2) is 0 Å². The summed E-state index contributed by atoms with van der Waals surface area (Å²) in [6, 6.07) is 11.0. The molecule has 0 saturated heterocycles. The van der Waals surface area contributed by atoms with Gasteiger partial charge in [-0.05, 0) is 42.7 Å². The molecule has 0 heterocycles. The van der Waals surface area contributed by atoms with E-state index >= 15 is 0 Å². The van der Waals surface area contributed by atoms with Gasteiger partial charge in [0.1, 0.15) is 0 Å². The molecule has 0 aromatic heterocycles. The van der Waals surface area contributed by atoms with Crippen LogP contribution in [0.2, 0.25) is 0 Å². The zero-order chi connectivity index (χ0) is 14.7. The zero-order valence-corrected chi connectivity index (χ0v) is 12.9. The van der Waals surface area contributed by atoms with Crippen molar-refractivity contribution in [3.05, 3.63) is 67.7 Å². The summed E-state index contributed by atoms with van der Waals surface area (Å²) in [5.41, 5.74) is 4.24. The second kappa shape index (κ2) is 6.05. The second-order valence-corrected chi connectivity index (χ2v) is 5.55. The standard InChI is InChI=1S/C15H15BrN2O2/c1-10-3-4-12(8-14(10)16)9-17-15-6-5-13(18(19)20)7-11(15)2/h3-8,17H,9H2,1-2H3. The first kappa shape index (κ1) is 14.5. The SMILES string of the molecule is Cc1ccc(CNc2ccc([N+](=O)[O-])cc2C)cc1Br. The van der Waals surface area contributed by atoms with E-state index in [-0.39, 0.29) is 10.6 Å². The second-order valence-electron chi connectivity index (χ2n) is 4.69. The van der Waals surface area contributed by atoms with Crippen LogP contribution in [-0.4, -0.2) is 4.92 Å². The molecule has 0 atom stereocenters. The number of anilines is 1. The van der Waals surface area contributed by atoms with E-state index < -0.39 is 0 Å². The quantitative estimate of drug-likeness (QED) is 0.657. The predicted octanol–water partition coefficient (Wildman–Crippen LogP) is 4.59. The Kier molecular flexibility index (Phi) is 4.39. The van der Waals surface area contributed by atoms with Crippen LogP contribution in [0.5, 0.6) is 0 Å². The molecule has 2 aromatic carbocycles. The fourth-order valence-corrected chi connectivity index (χ4v) is 2.33. The van der Waals surface area contributed by atoms with Gasteiger partial charge in [0, 0.05) is 28.8 Å². The molecule has 0 fully saturated rings. The molecule has 20 heavy (non-hydrogen) atoms. The highest BCUT2D eigenvalue weighted by Crippen LogP contribution is 2.23. The Hall–Kier alpha value is -1.88. The van der Waals surface area contributed by atoms with Crippen molar-refractivity contribution in [2.45, 2.75) is 20.4 Å². The van der Waals surface area contributed by atoms with Gasteiger partial charge in [0.2, 0.25) is 0 Å². The molecular weight excluding hydrogens is 320 g/mol. The maximum absolute atomic E-state index is 10.7. The highest BCUT2D eigenvalue weighted by Gasteiger charge is 2.07. The van der Waals surface area contributed by atoms with Crippen molar-refractivity contribution < 1.29 is 4.92 Å². The van der Waals surface area contributed by atoms with Crippen molar-refractivity contribution in [2.75, 3.05) is 5.32 Å². The van der Waals surface area contributed by atoms with E-state index in [0.29, 0.717) is 6.54 Å². The lowest BCUT2D eigenvalue weighted by Crippen LogP contribution is -2.01. The van der Waals surface area contributed by atoms with Gasteiger partial charge in [-0.15, -0.1) is 0 Å². The van der Waals surface area contributed by atoms with Gasteiger partial charge in [0.25, 0.3) is 5.69 Å². The van der Waals surface area contributed by atoms with Crippen molar-refractivity contribution in [3.8, 4) is 0 Å². The van der Waals surface area contributed by atoms with E-state index in [1.165, 1.54) is 11.6 Å². The summed E-state index contributed by atoms with van der Waals surface area (Å²) in [4.78, 5) is 10.3. The number of benzene rings is 2. The molecule has 0 aliphatic rings. The average Bonchev–Trinajstić information content (AvgIpc) is 2.41. The van der Waals surface area contributed by atoms with E-state index in [4.69, 9.17) is 0 Å². The molecule has 0 unspecified atom stereocenters. The topological polar surface area (TPSA) is 55.2 Å². The van der Waals surface area contributed by atoms with Crippen molar-refractivity contribution in [1.29, 1.82) is 0 Å². The van der Waals surface area contributed by atoms with Crippen molar-refractivity contribution >= 4 is 27.3 Å². The smallest absolute Gasteiger partial charge is 0.269 e. The van der Waals surface area contributed by atoms with Gasteiger partial charge in [-0.25, -0.2) is 0 Å². The predicted molar refractivity (Wildman–Crippen MR) is 84.0 cm³/mol. The molecule has 5 heteroatoms. The number of non-ortho nitro benzene ring substituents is 1. The number of nitrogens with one attached hydrogen (secondary N) is 1. The molecule has 0 aliphatic heterocycles. The van der Waals surface area contributed by atoms with Crippen LogP contribution in [0.15, 0.2) is 40.9 Å². The van der Waals surface area contributed by atoms with Crippen LogP contribution in [0.3, 0.4) is 0 Å². The largest absolute Gasteiger partial charge is 0.381 e. The first-order valence-corrected chi connectivity index (χ1v) is 7.00. The zero-order valence-electron chi connectivity index (χ0n) is 11.3. The third-order valence-corrected chi connectivity index (χ3v) is 3.99. The molecule has 104 valence electrons. The number of hydrogen-bond donors (Lipinski definition) is 1. The van der Waals surface area contributed by atoms with Gasteiger partial charge < -0.3 is 5.32 Å². The Morgan fingerprint density at radius 2 is 1.90 bits per heavy atom. The molecule has 2 aromatic rings. The minimum absolute atomic E-state index is 0.117.